The minimum atomic E-state index is -0.0741. The average molecular weight is 161 g/mol. The van der Waals surface area contributed by atoms with Crippen LogP contribution in [0.2, 0.25) is 0 Å². The van der Waals surface area contributed by atoms with E-state index in [1.807, 2.05) is 29.1 Å². The van der Waals surface area contributed by atoms with Crippen LogP contribution in [0.25, 0.3) is 0 Å². The molecule has 0 N–H and O–H groups in total. The standard InChI is InChI=1S/C9H9N2O/c1-8(9-10-4-7-12-9)11-5-2-3-6-11/h2-8H,1H2. The fourth-order valence-corrected chi connectivity index (χ4v) is 1.08. The second kappa shape index (κ2) is 2.85. The Morgan fingerprint density at radius 2 is 2.17 bits per heavy atom. The normalized spacial score (nSPS) is 13.1. The zero-order valence-corrected chi connectivity index (χ0v) is 6.55. The lowest BCUT2D eigenvalue weighted by molar-refractivity contribution is 0.450. The quantitative estimate of drug-likeness (QED) is 0.673. The molecule has 1 atom stereocenters. The van der Waals surface area contributed by atoms with Gasteiger partial charge in [0.2, 0.25) is 5.89 Å². The Morgan fingerprint density at radius 1 is 1.42 bits per heavy atom. The number of hydrogen-bond acceptors (Lipinski definition) is 2. The first-order valence-electron chi connectivity index (χ1n) is 3.73. The van der Waals surface area contributed by atoms with Crippen molar-refractivity contribution in [2.45, 2.75) is 6.04 Å². The molecule has 61 valence electrons. The van der Waals surface area contributed by atoms with Gasteiger partial charge in [-0.05, 0) is 19.1 Å². The SMILES string of the molecule is [CH2]C(c1ncco1)n1cccc1. The minimum Gasteiger partial charge on any atom is -0.447 e. The van der Waals surface area contributed by atoms with Gasteiger partial charge in [-0.3, -0.25) is 0 Å². The molecule has 0 amide bonds. The van der Waals surface area contributed by atoms with Gasteiger partial charge in [-0.2, -0.15) is 0 Å². The minimum absolute atomic E-state index is 0.0741. The zero-order chi connectivity index (χ0) is 8.39. The molecular weight excluding hydrogens is 152 g/mol. The largest absolute Gasteiger partial charge is 0.447 e. The van der Waals surface area contributed by atoms with E-state index in [9.17, 15) is 0 Å². The molecule has 0 aliphatic heterocycles. The first-order valence-corrected chi connectivity index (χ1v) is 3.73. The number of oxazole rings is 1. The lowest BCUT2D eigenvalue weighted by atomic mass is 10.3. The maximum Gasteiger partial charge on any atom is 0.216 e. The summed E-state index contributed by atoms with van der Waals surface area (Å²) >= 11 is 0. The summed E-state index contributed by atoms with van der Waals surface area (Å²) in [4.78, 5) is 4.02. The van der Waals surface area contributed by atoms with Crippen LogP contribution >= 0.6 is 0 Å². The van der Waals surface area contributed by atoms with Gasteiger partial charge in [0, 0.05) is 12.4 Å². The highest BCUT2D eigenvalue weighted by Gasteiger charge is 2.09. The van der Waals surface area contributed by atoms with E-state index in [2.05, 4.69) is 11.9 Å². The van der Waals surface area contributed by atoms with Gasteiger partial charge >= 0.3 is 0 Å². The van der Waals surface area contributed by atoms with Crippen LogP contribution in [0.15, 0.2) is 41.4 Å². The van der Waals surface area contributed by atoms with Crippen LogP contribution in [0.3, 0.4) is 0 Å². The number of nitrogens with zero attached hydrogens (tertiary/aromatic N) is 2. The molecule has 2 rings (SSSR count). The van der Waals surface area contributed by atoms with Gasteiger partial charge < -0.3 is 8.98 Å². The molecule has 0 aromatic carbocycles. The topological polar surface area (TPSA) is 31.0 Å². The van der Waals surface area contributed by atoms with Gasteiger partial charge in [-0.25, -0.2) is 4.98 Å². The molecule has 12 heavy (non-hydrogen) atoms. The van der Waals surface area contributed by atoms with E-state index in [1.165, 1.54) is 0 Å². The van der Waals surface area contributed by atoms with E-state index < -0.39 is 0 Å². The third kappa shape index (κ3) is 1.13. The van der Waals surface area contributed by atoms with Crippen molar-refractivity contribution in [3.63, 3.8) is 0 Å². The van der Waals surface area contributed by atoms with Crippen molar-refractivity contribution in [2.75, 3.05) is 0 Å². The summed E-state index contributed by atoms with van der Waals surface area (Å²) in [7, 11) is 0. The molecular formula is C9H9N2O. The highest BCUT2D eigenvalue weighted by Crippen LogP contribution is 2.14. The first-order chi connectivity index (χ1) is 5.88. The molecule has 0 saturated carbocycles. The van der Waals surface area contributed by atoms with Crippen LogP contribution in [-0.2, 0) is 0 Å². The molecule has 3 heteroatoms. The van der Waals surface area contributed by atoms with Crippen molar-refractivity contribution in [3.8, 4) is 0 Å². The van der Waals surface area contributed by atoms with E-state index in [0.717, 1.165) is 0 Å². The van der Waals surface area contributed by atoms with Crippen LogP contribution in [0.4, 0.5) is 0 Å². The Morgan fingerprint density at radius 3 is 2.75 bits per heavy atom. The van der Waals surface area contributed by atoms with Gasteiger partial charge in [-0.1, -0.05) is 0 Å². The van der Waals surface area contributed by atoms with Crippen molar-refractivity contribution >= 4 is 0 Å². The highest BCUT2D eigenvalue weighted by molar-refractivity contribution is 5.01. The van der Waals surface area contributed by atoms with Gasteiger partial charge in [0.15, 0.2) is 0 Å². The van der Waals surface area contributed by atoms with E-state index in [0.29, 0.717) is 5.89 Å². The summed E-state index contributed by atoms with van der Waals surface area (Å²) < 4.78 is 7.06. The number of rotatable bonds is 2. The summed E-state index contributed by atoms with van der Waals surface area (Å²) in [5, 5.41) is 0. The lowest BCUT2D eigenvalue weighted by Gasteiger charge is -2.07. The zero-order valence-electron chi connectivity index (χ0n) is 6.55. The van der Waals surface area contributed by atoms with Gasteiger partial charge in [0.25, 0.3) is 0 Å². The Balaban J connectivity index is 2.27. The van der Waals surface area contributed by atoms with Crippen molar-refractivity contribution in [1.29, 1.82) is 0 Å². The van der Waals surface area contributed by atoms with Gasteiger partial charge in [0.05, 0.1) is 6.20 Å². The molecule has 0 saturated heterocycles. The van der Waals surface area contributed by atoms with Crippen LogP contribution in [-0.4, -0.2) is 9.55 Å². The monoisotopic (exact) mass is 161 g/mol. The average Bonchev–Trinajstić information content (AvgIpc) is 2.77. The van der Waals surface area contributed by atoms with E-state index in [1.54, 1.807) is 12.5 Å². The summed E-state index contributed by atoms with van der Waals surface area (Å²) in [5.74, 6) is 0.631. The van der Waals surface area contributed by atoms with Crippen molar-refractivity contribution < 1.29 is 4.42 Å². The molecule has 0 aliphatic carbocycles. The Labute approximate surface area is 70.7 Å². The summed E-state index contributed by atoms with van der Waals surface area (Å²) in [5.41, 5.74) is 0. The fraction of sp³-hybridized carbons (Fsp3) is 0.111. The van der Waals surface area contributed by atoms with Crippen LogP contribution in [0.5, 0.6) is 0 Å². The summed E-state index contributed by atoms with van der Waals surface area (Å²) in [6.45, 7) is 3.93. The second-order valence-electron chi connectivity index (χ2n) is 2.52. The molecule has 3 nitrogen and oxygen atoms in total. The van der Waals surface area contributed by atoms with Crippen LogP contribution < -0.4 is 0 Å². The van der Waals surface area contributed by atoms with Crippen molar-refractivity contribution in [3.05, 3.63) is 49.8 Å². The first kappa shape index (κ1) is 7.16. The molecule has 0 spiro atoms. The van der Waals surface area contributed by atoms with Crippen molar-refractivity contribution in [2.24, 2.45) is 0 Å². The molecule has 0 aliphatic rings. The van der Waals surface area contributed by atoms with Gasteiger partial charge in [-0.15, -0.1) is 0 Å². The van der Waals surface area contributed by atoms with E-state index in [-0.39, 0.29) is 6.04 Å². The summed E-state index contributed by atoms with van der Waals surface area (Å²) in [6, 6.07) is 3.82. The summed E-state index contributed by atoms with van der Waals surface area (Å²) in [6.07, 6.45) is 7.04. The van der Waals surface area contributed by atoms with Crippen LogP contribution in [0, 0.1) is 6.92 Å². The predicted octanol–water partition coefficient (Wildman–Crippen LogP) is 1.90. The molecule has 0 fully saturated rings. The predicted molar refractivity (Wildman–Crippen MR) is 44.4 cm³/mol. The highest BCUT2D eigenvalue weighted by atomic mass is 16.3. The molecule has 2 aromatic rings. The Bertz CT molecular complexity index is 289. The number of aromatic nitrogens is 2. The third-order valence-electron chi connectivity index (χ3n) is 1.72. The van der Waals surface area contributed by atoms with E-state index in [4.69, 9.17) is 4.42 Å². The molecule has 1 unspecified atom stereocenters. The number of hydrogen-bond donors (Lipinski definition) is 0. The van der Waals surface area contributed by atoms with Crippen molar-refractivity contribution in [1.82, 2.24) is 9.55 Å². The maximum atomic E-state index is 5.12. The van der Waals surface area contributed by atoms with E-state index >= 15 is 0 Å². The molecule has 2 aromatic heterocycles. The fourth-order valence-electron chi connectivity index (χ4n) is 1.08. The molecule has 1 radical (unpaired) electrons. The Hall–Kier alpha value is -1.51. The Kier molecular flexibility index (Phi) is 1.70. The third-order valence-corrected chi connectivity index (χ3v) is 1.72. The molecule has 0 bridgehead atoms. The second-order valence-corrected chi connectivity index (χ2v) is 2.52. The van der Waals surface area contributed by atoms with Gasteiger partial charge in [0.1, 0.15) is 12.3 Å². The smallest absolute Gasteiger partial charge is 0.216 e. The maximum absolute atomic E-state index is 5.12. The molecule has 2 heterocycles. The van der Waals surface area contributed by atoms with Crippen LogP contribution in [0.1, 0.15) is 11.9 Å². The lowest BCUT2D eigenvalue weighted by Crippen LogP contribution is -2.04.